The molecule has 0 aliphatic rings. The van der Waals surface area contributed by atoms with Crippen LogP contribution in [0.5, 0.6) is 11.5 Å². The molecule has 0 aromatic heterocycles. The van der Waals surface area contributed by atoms with E-state index in [-0.39, 0.29) is 12.8 Å². The van der Waals surface area contributed by atoms with Crippen molar-refractivity contribution in [1.82, 2.24) is 0 Å². The summed E-state index contributed by atoms with van der Waals surface area (Å²) < 4.78 is 15.2. The van der Waals surface area contributed by atoms with Gasteiger partial charge in [0.25, 0.3) is 0 Å². The number of esters is 1. The van der Waals surface area contributed by atoms with Gasteiger partial charge in [-0.25, -0.2) is 0 Å². The van der Waals surface area contributed by atoms with Crippen LogP contribution in [-0.2, 0) is 9.53 Å². The molecule has 0 radical (unpaired) electrons. The number of carbonyl (C=O) groups excluding carboxylic acids is 1. The summed E-state index contributed by atoms with van der Waals surface area (Å²) >= 11 is 0. The van der Waals surface area contributed by atoms with Gasteiger partial charge in [0, 0.05) is 13.5 Å². The van der Waals surface area contributed by atoms with Crippen LogP contribution in [0.4, 0.5) is 0 Å². The van der Waals surface area contributed by atoms with Crippen molar-refractivity contribution in [1.29, 1.82) is 0 Å². The second-order valence-corrected chi connectivity index (χ2v) is 3.22. The van der Waals surface area contributed by atoms with Crippen LogP contribution in [0.1, 0.15) is 19.8 Å². The quantitative estimate of drug-likeness (QED) is 0.423. The molecule has 0 amide bonds. The van der Waals surface area contributed by atoms with Gasteiger partial charge in [-0.2, -0.15) is 0 Å². The molecule has 0 bridgehead atoms. The molecule has 1 rings (SSSR count). The third-order valence-corrected chi connectivity index (χ3v) is 1.86. The second-order valence-electron chi connectivity index (χ2n) is 3.22. The van der Waals surface area contributed by atoms with Crippen molar-refractivity contribution in [2.75, 3.05) is 13.9 Å². The summed E-state index contributed by atoms with van der Waals surface area (Å²) in [5.74, 6) is 0.683. The number of ether oxygens (including phenoxy) is 3. The van der Waals surface area contributed by atoms with Gasteiger partial charge in [0.15, 0.2) is 18.3 Å². The Hall–Kier alpha value is -1.55. The van der Waals surface area contributed by atoms with Crippen molar-refractivity contribution in [2.24, 2.45) is 0 Å². The lowest BCUT2D eigenvalue weighted by Crippen LogP contribution is -2.08. The predicted molar refractivity (Wildman–Crippen MR) is 59.5 cm³/mol. The van der Waals surface area contributed by atoms with E-state index in [4.69, 9.17) is 14.2 Å². The molecule has 0 unspecified atom stereocenters. The molecule has 0 atom stereocenters. The fourth-order valence-electron chi connectivity index (χ4n) is 1.15. The van der Waals surface area contributed by atoms with Crippen LogP contribution < -0.4 is 9.47 Å². The fraction of sp³-hybridized carbons (Fsp3) is 0.417. The summed E-state index contributed by atoms with van der Waals surface area (Å²) in [4.78, 5) is 11.3. The first-order valence-corrected chi connectivity index (χ1v) is 5.19. The number of carbonyl (C=O) groups is 1. The first kappa shape index (κ1) is 12.5. The highest BCUT2D eigenvalue weighted by atomic mass is 16.7. The van der Waals surface area contributed by atoms with Crippen molar-refractivity contribution in [3.63, 3.8) is 0 Å². The lowest BCUT2D eigenvalue weighted by Gasteiger charge is -2.10. The highest BCUT2D eigenvalue weighted by Crippen LogP contribution is 2.26. The minimum absolute atomic E-state index is 0.127. The number of para-hydroxylation sites is 2. The molecular weight excluding hydrogens is 208 g/mol. The van der Waals surface area contributed by atoms with Gasteiger partial charge in [-0.15, -0.1) is 0 Å². The Balaban J connectivity index is 2.66. The minimum atomic E-state index is -0.254. The van der Waals surface area contributed by atoms with E-state index in [0.29, 0.717) is 17.9 Å². The average molecular weight is 224 g/mol. The highest BCUT2D eigenvalue weighted by Gasteiger charge is 2.08. The zero-order valence-electron chi connectivity index (χ0n) is 9.56. The Morgan fingerprint density at radius 3 is 2.56 bits per heavy atom. The molecule has 0 fully saturated rings. The monoisotopic (exact) mass is 224 g/mol. The second kappa shape index (κ2) is 6.85. The molecule has 0 N–H and O–H groups in total. The zero-order valence-corrected chi connectivity index (χ0v) is 9.56. The third kappa shape index (κ3) is 3.90. The van der Waals surface area contributed by atoms with Crippen molar-refractivity contribution in [3.8, 4) is 11.5 Å². The van der Waals surface area contributed by atoms with Crippen molar-refractivity contribution < 1.29 is 19.0 Å². The van der Waals surface area contributed by atoms with E-state index in [2.05, 4.69) is 0 Å². The summed E-state index contributed by atoms with van der Waals surface area (Å²) in [6.07, 6.45) is 1.17. The first-order valence-electron chi connectivity index (χ1n) is 5.19. The maximum absolute atomic E-state index is 11.3. The topological polar surface area (TPSA) is 44.8 Å². The Morgan fingerprint density at radius 1 is 1.25 bits per heavy atom. The summed E-state index contributed by atoms with van der Waals surface area (Å²) in [7, 11) is 1.53. The van der Waals surface area contributed by atoms with Crippen LogP contribution in [0.2, 0.25) is 0 Å². The lowest BCUT2D eigenvalue weighted by molar-refractivity contribution is -0.134. The third-order valence-electron chi connectivity index (χ3n) is 1.86. The van der Waals surface area contributed by atoms with Gasteiger partial charge >= 0.3 is 5.97 Å². The molecule has 16 heavy (non-hydrogen) atoms. The number of benzene rings is 1. The molecule has 0 spiro atoms. The van der Waals surface area contributed by atoms with E-state index in [1.54, 1.807) is 18.2 Å². The van der Waals surface area contributed by atoms with E-state index in [0.717, 1.165) is 6.42 Å². The summed E-state index contributed by atoms with van der Waals surface area (Å²) in [6, 6.07) is 7.02. The zero-order chi connectivity index (χ0) is 11.8. The van der Waals surface area contributed by atoms with Gasteiger partial charge in [-0.3, -0.25) is 4.79 Å². The Labute approximate surface area is 95.1 Å². The average Bonchev–Trinajstić information content (AvgIpc) is 2.28. The molecule has 1 aromatic rings. The van der Waals surface area contributed by atoms with E-state index in [1.165, 1.54) is 7.11 Å². The van der Waals surface area contributed by atoms with Crippen LogP contribution in [0, 0.1) is 0 Å². The van der Waals surface area contributed by atoms with Gasteiger partial charge < -0.3 is 14.2 Å². The Morgan fingerprint density at radius 2 is 1.94 bits per heavy atom. The Kier molecular flexibility index (Phi) is 5.36. The van der Waals surface area contributed by atoms with Gasteiger partial charge in [-0.05, 0) is 18.6 Å². The molecule has 0 saturated carbocycles. The molecule has 4 heteroatoms. The first-order chi connectivity index (χ1) is 7.77. The molecule has 0 heterocycles. The standard InChI is InChI=1S/C12H16O4/c1-3-6-12(13)16-11-8-5-4-7-10(11)15-9-14-2/h4-5,7-8H,3,6,9H2,1-2H3. The highest BCUT2D eigenvalue weighted by molar-refractivity contribution is 5.73. The smallest absolute Gasteiger partial charge is 0.311 e. The summed E-state index contributed by atoms with van der Waals surface area (Å²) in [5.41, 5.74) is 0. The minimum Gasteiger partial charge on any atom is -0.464 e. The van der Waals surface area contributed by atoms with Crippen LogP contribution in [0.3, 0.4) is 0 Å². The number of hydrogen-bond donors (Lipinski definition) is 0. The summed E-state index contributed by atoms with van der Waals surface area (Å²) in [6.45, 7) is 2.05. The fourth-order valence-corrected chi connectivity index (χ4v) is 1.15. The molecule has 4 nitrogen and oxygen atoms in total. The van der Waals surface area contributed by atoms with Crippen molar-refractivity contribution in [3.05, 3.63) is 24.3 Å². The van der Waals surface area contributed by atoms with Gasteiger partial charge in [-0.1, -0.05) is 19.1 Å². The molecule has 88 valence electrons. The van der Waals surface area contributed by atoms with E-state index in [1.807, 2.05) is 13.0 Å². The molecular formula is C12H16O4. The lowest BCUT2D eigenvalue weighted by atomic mass is 10.3. The van der Waals surface area contributed by atoms with Gasteiger partial charge in [0.1, 0.15) is 0 Å². The van der Waals surface area contributed by atoms with E-state index >= 15 is 0 Å². The molecule has 0 aliphatic heterocycles. The number of rotatable bonds is 6. The largest absolute Gasteiger partial charge is 0.464 e. The maximum atomic E-state index is 11.3. The van der Waals surface area contributed by atoms with E-state index in [9.17, 15) is 4.79 Å². The summed E-state index contributed by atoms with van der Waals surface area (Å²) in [5, 5.41) is 0. The Bertz CT molecular complexity index is 336. The van der Waals surface area contributed by atoms with Crippen LogP contribution >= 0.6 is 0 Å². The van der Waals surface area contributed by atoms with Crippen molar-refractivity contribution in [2.45, 2.75) is 19.8 Å². The van der Waals surface area contributed by atoms with Gasteiger partial charge in [0.2, 0.25) is 0 Å². The van der Waals surface area contributed by atoms with Crippen LogP contribution in [0.15, 0.2) is 24.3 Å². The molecule has 0 aliphatic carbocycles. The number of methoxy groups -OCH3 is 1. The van der Waals surface area contributed by atoms with Crippen LogP contribution in [0.25, 0.3) is 0 Å². The van der Waals surface area contributed by atoms with Crippen LogP contribution in [-0.4, -0.2) is 19.9 Å². The molecule has 1 aromatic carbocycles. The van der Waals surface area contributed by atoms with Gasteiger partial charge in [0.05, 0.1) is 0 Å². The number of hydrogen-bond acceptors (Lipinski definition) is 4. The van der Waals surface area contributed by atoms with Crippen molar-refractivity contribution >= 4 is 5.97 Å². The molecule has 0 saturated heterocycles. The van der Waals surface area contributed by atoms with E-state index < -0.39 is 0 Å². The maximum Gasteiger partial charge on any atom is 0.311 e. The SMILES string of the molecule is CCCC(=O)Oc1ccccc1OCOC. The predicted octanol–water partition coefficient (Wildman–Crippen LogP) is 2.37. The normalized spacial score (nSPS) is 9.88.